The van der Waals surface area contributed by atoms with Crippen LogP contribution in [0.2, 0.25) is 0 Å². The van der Waals surface area contributed by atoms with Gasteiger partial charge in [0.25, 0.3) is 18.7 Å². The van der Waals surface area contributed by atoms with Crippen LogP contribution in [0.3, 0.4) is 0 Å². The average molecular weight is 826 g/mol. The van der Waals surface area contributed by atoms with Crippen LogP contribution in [0.5, 0.6) is 0 Å². The summed E-state index contributed by atoms with van der Waals surface area (Å²) in [6.07, 6.45) is 11.0. The third kappa shape index (κ3) is 10.1. The summed E-state index contributed by atoms with van der Waals surface area (Å²) in [5.74, 6) is -0.127. The summed E-state index contributed by atoms with van der Waals surface area (Å²) in [5.41, 5.74) is 4.47. The van der Waals surface area contributed by atoms with E-state index in [1.165, 1.54) is 7.11 Å². The normalized spacial score (nSPS) is 19.0. The number of aliphatic imine (C=N–C) groups is 1. The molecule has 1 atom stereocenters. The molecule has 0 saturated heterocycles. The molecule has 2 aliphatic rings. The van der Waals surface area contributed by atoms with Gasteiger partial charge in [0.2, 0.25) is 0 Å². The number of nitrogens with one attached hydrogen (secondary N) is 1. The molecule has 2 aromatic carbocycles. The van der Waals surface area contributed by atoms with Crippen molar-refractivity contribution in [3.8, 4) is 0 Å². The molecule has 0 bridgehead atoms. The van der Waals surface area contributed by atoms with Crippen molar-refractivity contribution in [2.24, 2.45) is 10.4 Å². The van der Waals surface area contributed by atoms with Crippen molar-refractivity contribution >= 4 is 72.2 Å². The second-order valence-electron chi connectivity index (χ2n) is 13.4. The van der Waals surface area contributed by atoms with Gasteiger partial charge in [0.05, 0.1) is 30.2 Å². The lowest BCUT2D eigenvalue weighted by Crippen LogP contribution is -2.30. The molecule has 14 nitrogen and oxygen atoms in total. The fourth-order valence-corrected chi connectivity index (χ4v) is 7.31. The number of imide groups is 1. The number of benzene rings is 2. The van der Waals surface area contributed by atoms with E-state index in [9.17, 15) is 28.3 Å². The molecule has 0 aliphatic carbocycles. The predicted molar refractivity (Wildman–Crippen MR) is 221 cm³/mol. The molecule has 0 spiro atoms. The van der Waals surface area contributed by atoms with E-state index in [0.29, 0.717) is 66.5 Å². The maximum Gasteiger partial charge on any atom is 0.363 e. The Labute approximate surface area is 339 Å². The maximum atomic E-state index is 13.2. The van der Waals surface area contributed by atoms with Crippen LogP contribution < -0.4 is 10.2 Å². The van der Waals surface area contributed by atoms with Gasteiger partial charge in [-0.2, -0.15) is 0 Å². The Morgan fingerprint density at radius 2 is 1.71 bits per heavy atom. The first-order valence-electron chi connectivity index (χ1n) is 17.6. The smallest absolute Gasteiger partial charge is 0.363 e. The van der Waals surface area contributed by atoms with Gasteiger partial charge >= 0.3 is 5.97 Å². The molecule has 17 heteroatoms. The summed E-state index contributed by atoms with van der Waals surface area (Å²) in [4.78, 5) is 65.6. The lowest BCUT2D eigenvalue weighted by molar-refractivity contribution is -0.163. The minimum Gasteiger partial charge on any atom is -0.390 e. The van der Waals surface area contributed by atoms with Crippen molar-refractivity contribution in [1.29, 1.82) is 0 Å². The number of nitrogens with zero attached hydrogens (tertiary/aromatic N) is 4. The van der Waals surface area contributed by atoms with Gasteiger partial charge in [-0.3, -0.25) is 24.2 Å². The van der Waals surface area contributed by atoms with Gasteiger partial charge < -0.3 is 28.7 Å². The number of rotatable bonds is 20. The number of anilines is 1. The lowest BCUT2D eigenvalue weighted by atomic mass is 9.75. The minimum absolute atomic E-state index is 0.0915. The monoisotopic (exact) mass is 825 g/mol. The zero-order chi connectivity index (χ0) is 40.9. The number of amides is 3. The Morgan fingerprint density at radius 1 is 1.02 bits per heavy atom. The topological polar surface area (TPSA) is 182 Å². The molecule has 4 rings (SSSR count). The van der Waals surface area contributed by atoms with Gasteiger partial charge in [0.15, 0.2) is 0 Å². The van der Waals surface area contributed by atoms with Crippen LogP contribution in [-0.4, -0.2) is 99.5 Å². The Bertz CT molecular complexity index is 1890. The van der Waals surface area contributed by atoms with Crippen LogP contribution in [0.1, 0.15) is 55.1 Å². The van der Waals surface area contributed by atoms with E-state index in [4.69, 9.17) is 19.2 Å². The van der Waals surface area contributed by atoms with E-state index >= 15 is 0 Å². The van der Waals surface area contributed by atoms with E-state index in [-0.39, 0.29) is 29.4 Å². The van der Waals surface area contributed by atoms with Gasteiger partial charge in [-0.1, -0.05) is 32.1 Å². The van der Waals surface area contributed by atoms with Crippen LogP contribution in [0.15, 0.2) is 99.7 Å². The van der Waals surface area contributed by atoms with Crippen LogP contribution in [0, 0.1) is 5.41 Å². The highest BCUT2D eigenvalue weighted by Gasteiger charge is 2.45. The number of allylic oxidation sites excluding steroid dienone is 4. The fourth-order valence-electron chi connectivity index (χ4n) is 6.48. The summed E-state index contributed by atoms with van der Waals surface area (Å²) in [6.45, 7) is 7.69. The maximum absolute atomic E-state index is 13.2. The number of carbonyl (C=O) groups is 4. The second kappa shape index (κ2) is 20.7. The molecular formula is C39H47N5O9S3. The number of likely N-dealkylation sites (N-methyl/N-ethyl adjacent to an activating group) is 1. The number of hydrogen-bond acceptors (Lipinski definition) is 15. The number of hydroxylamine groups is 4. The summed E-state index contributed by atoms with van der Waals surface area (Å²) in [5, 5.41) is 4.56. The van der Waals surface area contributed by atoms with Crippen molar-refractivity contribution in [3.05, 3.63) is 107 Å². The molecule has 2 heterocycles. The molecule has 300 valence electrons. The molecule has 3 amide bonds. The standard InChI is InChI=1S/C39H47N5O9S3/c1-38(2)30(21-28(36(47)42(4)52-5)23-40-17-7-19-54-49)24-41-34(38)9-6-10-35-39(3,29-13-11-27(12-14-29)37(48)53-43(25-45)26-46)32-22-31(56-51)15-16-33(32)44(35)18-8-20-55-50/h6,9-16,21-23,25-26,40,49-51H,7-8,17-20,24H2,1-5H3/b9-6+,28-23+,30-21+,35-10+. The van der Waals surface area contributed by atoms with Crippen molar-refractivity contribution in [3.63, 3.8) is 0 Å². The molecular weight excluding hydrogens is 779 g/mol. The highest BCUT2D eigenvalue weighted by atomic mass is 32.2. The van der Waals surface area contributed by atoms with E-state index in [0.717, 1.165) is 62.9 Å². The lowest BCUT2D eigenvalue weighted by Gasteiger charge is -2.31. The summed E-state index contributed by atoms with van der Waals surface area (Å²) >= 11 is 2.19. The van der Waals surface area contributed by atoms with Crippen molar-refractivity contribution < 1.29 is 42.5 Å². The molecule has 1 unspecified atom stereocenters. The molecule has 4 N–H and O–H groups in total. The van der Waals surface area contributed by atoms with Gasteiger partial charge in [0.1, 0.15) is 0 Å². The van der Waals surface area contributed by atoms with E-state index in [1.54, 1.807) is 37.5 Å². The van der Waals surface area contributed by atoms with Crippen LogP contribution in [-0.2, 0) is 29.5 Å². The quantitative estimate of drug-likeness (QED) is 0.0369. The Hall–Kier alpha value is -4.36. The zero-order valence-electron chi connectivity index (χ0n) is 31.8. The number of hydrogen-bond donors (Lipinski definition) is 4. The van der Waals surface area contributed by atoms with E-state index in [1.807, 2.05) is 42.5 Å². The summed E-state index contributed by atoms with van der Waals surface area (Å²) in [7, 11) is 2.96. The second-order valence-corrected chi connectivity index (χ2v) is 15.4. The third-order valence-corrected chi connectivity index (χ3v) is 11.1. The van der Waals surface area contributed by atoms with E-state index in [2.05, 4.69) is 31.0 Å². The highest BCUT2D eigenvalue weighted by molar-refractivity contribution is 7.94. The molecule has 0 aromatic heterocycles. The van der Waals surface area contributed by atoms with Gasteiger partial charge in [-0.25, -0.2) is 9.86 Å². The molecule has 2 aliphatic heterocycles. The minimum atomic E-state index is -0.881. The largest absolute Gasteiger partial charge is 0.390 e. The number of carbonyl (C=O) groups excluding carboxylic acids is 4. The molecule has 0 fully saturated rings. The molecule has 0 saturated carbocycles. The Morgan fingerprint density at radius 3 is 2.36 bits per heavy atom. The Balaban J connectivity index is 1.74. The first-order valence-corrected chi connectivity index (χ1v) is 20.3. The van der Waals surface area contributed by atoms with Crippen LogP contribution in [0.25, 0.3) is 0 Å². The number of fused-ring (bicyclic) bond motifs is 1. The average Bonchev–Trinajstić information content (AvgIpc) is 3.62. The SMILES string of the molecule is CON(C)C(=O)C(/C=C1\CN=C(/C=C/C=C2/N(CCCSO)c3ccc(SO)cc3C2(C)c2ccc(C(=O)ON(C=O)C=O)cc2)C1(C)C)=C/NCCCSO. The van der Waals surface area contributed by atoms with E-state index < -0.39 is 16.8 Å². The van der Waals surface area contributed by atoms with Gasteiger partial charge in [-0.05, 0) is 109 Å². The van der Waals surface area contributed by atoms with Crippen LogP contribution in [0.4, 0.5) is 5.69 Å². The summed E-state index contributed by atoms with van der Waals surface area (Å²) < 4.78 is 28.6. The highest BCUT2D eigenvalue weighted by Crippen LogP contribution is 2.52. The predicted octanol–water partition coefficient (Wildman–Crippen LogP) is 6.60. The van der Waals surface area contributed by atoms with Crippen molar-refractivity contribution in [2.75, 3.05) is 50.2 Å². The van der Waals surface area contributed by atoms with Crippen LogP contribution >= 0.6 is 36.1 Å². The first-order chi connectivity index (χ1) is 26.9. The fraction of sp³-hybridized carbons (Fsp3) is 0.359. The zero-order valence-corrected chi connectivity index (χ0v) is 34.3. The van der Waals surface area contributed by atoms with Gasteiger partial charge in [0, 0.05) is 77.3 Å². The Kier molecular flexibility index (Phi) is 16.4. The van der Waals surface area contributed by atoms with Crippen molar-refractivity contribution in [2.45, 2.75) is 43.9 Å². The first kappa shape index (κ1) is 44.4. The molecule has 2 aromatic rings. The molecule has 56 heavy (non-hydrogen) atoms. The third-order valence-electron chi connectivity index (χ3n) is 9.74. The molecule has 0 radical (unpaired) electrons. The van der Waals surface area contributed by atoms with Gasteiger partial charge in [-0.15, -0.1) is 5.06 Å². The van der Waals surface area contributed by atoms with Crippen molar-refractivity contribution in [1.82, 2.24) is 15.4 Å². The summed E-state index contributed by atoms with van der Waals surface area (Å²) in [6, 6.07) is 12.4.